The van der Waals surface area contributed by atoms with E-state index in [-0.39, 0.29) is 62.4 Å². The fourth-order valence-electron chi connectivity index (χ4n) is 12.7. The van der Waals surface area contributed by atoms with Gasteiger partial charge in [-0.05, 0) is 127 Å². The normalized spacial score (nSPS) is 26.6. The van der Waals surface area contributed by atoms with Gasteiger partial charge in [-0.1, -0.05) is 73.9 Å². The first-order chi connectivity index (χ1) is 27.7. The molecule has 0 amide bonds. The maximum atomic E-state index is 12.1. The summed E-state index contributed by atoms with van der Waals surface area (Å²) in [5.74, 6) is -0.326. The van der Waals surface area contributed by atoms with Crippen LogP contribution in [0.1, 0.15) is 104 Å². The number of rotatable bonds is 10. The zero-order chi connectivity index (χ0) is 39.4. The number of aliphatic hydroxyl groups is 1. The molecular formula is C48H55N3O6. The van der Waals surface area contributed by atoms with Gasteiger partial charge in [0.2, 0.25) is 0 Å². The lowest BCUT2D eigenvalue weighted by atomic mass is 9.38. The van der Waals surface area contributed by atoms with Crippen LogP contribution in [0.3, 0.4) is 0 Å². The summed E-state index contributed by atoms with van der Waals surface area (Å²) in [5, 5.41) is 69.7. The highest BCUT2D eigenvalue weighted by molar-refractivity contribution is 6.03. The largest absolute Gasteiger partial charge is 0.507 e. The first kappa shape index (κ1) is 37.6. The molecule has 57 heavy (non-hydrogen) atoms. The summed E-state index contributed by atoms with van der Waals surface area (Å²) in [7, 11) is 0. The number of phenols is 5. The summed E-state index contributed by atoms with van der Waals surface area (Å²) in [6, 6.07) is 18.1. The van der Waals surface area contributed by atoms with E-state index in [2.05, 4.69) is 45.7 Å². The number of H-pyrrole nitrogens is 1. The monoisotopic (exact) mass is 769 g/mol. The smallest absolute Gasteiger partial charge is 0.169 e. The van der Waals surface area contributed by atoms with Crippen LogP contribution in [0.15, 0.2) is 73.2 Å². The van der Waals surface area contributed by atoms with Crippen molar-refractivity contribution in [3.63, 3.8) is 0 Å². The first-order valence-electron chi connectivity index (χ1n) is 21.0. The molecule has 9 rings (SSSR count). The topological polar surface area (TPSA) is 162 Å². The Hall–Kier alpha value is -4.99. The van der Waals surface area contributed by atoms with Gasteiger partial charge in [0.1, 0.15) is 5.75 Å². The Balaban J connectivity index is 0.962. The lowest BCUT2D eigenvalue weighted by molar-refractivity contribution is -0.170. The van der Waals surface area contributed by atoms with Crippen LogP contribution in [0.25, 0.3) is 22.9 Å². The number of aryl methyl sites for hydroxylation is 1. The molecule has 298 valence electrons. The van der Waals surface area contributed by atoms with E-state index < -0.39 is 0 Å². The van der Waals surface area contributed by atoms with E-state index in [0.717, 1.165) is 24.9 Å². The van der Waals surface area contributed by atoms with Crippen molar-refractivity contribution in [2.45, 2.75) is 102 Å². The van der Waals surface area contributed by atoms with E-state index in [0.29, 0.717) is 47.4 Å². The molecule has 4 aliphatic rings. The molecule has 4 fully saturated rings. The number of imidazole rings is 1. The van der Waals surface area contributed by atoms with Crippen molar-refractivity contribution in [3.8, 4) is 28.7 Å². The fourth-order valence-corrected chi connectivity index (χ4v) is 12.7. The van der Waals surface area contributed by atoms with Crippen LogP contribution < -0.4 is 5.32 Å². The maximum Gasteiger partial charge on any atom is 0.169 e. The van der Waals surface area contributed by atoms with E-state index in [1.54, 1.807) is 30.4 Å². The molecule has 5 atom stereocenters. The van der Waals surface area contributed by atoms with E-state index in [9.17, 15) is 30.6 Å². The third kappa shape index (κ3) is 6.16. The van der Waals surface area contributed by atoms with Gasteiger partial charge >= 0.3 is 0 Å². The second-order valence-corrected chi connectivity index (χ2v) is 17.7. The molecule has 4 aliphatic carbocycles. The standard InChI is InChI=1S/C48H55N3O6/c52-37-18-14-31(25-40(37)55)13-16-34-35-6-3-7-38(53)42(35)44(57)43(56)36(34)17-12-30-8-10-32(11-9-30)26-49-28-48(41-27-50-29-51-41)45-39(54)19-15-33-5-4-22-47(33,45)24-23-46(48)20-1-2-21-46/h3,6-11,13-14,16,18,25,27,29,33,39,45,49,52-57H,1-2,4-5,12,15,17,19-24,26,28H2,(H,50,51). The molecule has 8 N–H and O–H groups in total. The van der Waals surface area contributed by atoms with Crippen molar-refractivity contribution in [2.24, 2.45) is 22.7 Å². The number of aromatic amines is 1. The van der Waals surface area contributed by atoms with Crippen molar-refractivity contribution in [1.29, 1.82) is 0 Å². The lowest BCUT2D eigenvalue weighted by Gasteiger charge is -2.66. The second-order valence-electron chi connectivity index (χ2n) is 17.7. The molecule has 0 bridgehead atoms. The summed E-state index contributed by atoms with van der Waals surface area (Å²) in [5.41, 5.74) is 5.40. The van der Waals surface area contributed by atoms with Crippen LogP contribution in [0.4, 0.5) is 0 Å². The predicted molar refractivity (Wildman–Crippen MR) is 222 cm³/mol. The van der Waals surface area contributed by atoms with Crippen molar-refractivity contribution in [2.75, 3.05) is 6.54 Å². The molecule has 5 unspecified atom stereocenters. The number of fused-ring (bicyclic) bond motifs is 1. The lowest BCUT2D eigenvalue weighted by Crippen LogP contribution is -2.68. The van der Waals surface area contributed by atoms with Gasteiger partial charge in [0.15, 0.2) is 23.0 Å². The summed E-state index contributed by atoms with van der Waals surface area (Å²) in [6.07, 6.45) is 21.4. The molecule has 2 spiro atoms. The molecule has 1 heterocycles. The molecule has 0 aliphatic heterocycles. The van der Waals surface area contributed by atoms with E-state index in [1.807, 2.05) is 6.33 Å². The van der Waals surface area contributed by atoms with Crippen molar-refractivity contribution in [3.05, 3.63) is 107 Å². The summed E-state index contributed by atoms with van der Waals surface area (Å²) in [6.45, 7) is 1.50. The number of hydrogen-bond acceptors (Lipinski definition) is 8. The van der Waals surface area contributed by atoms with Gasteiger partial charge in [-0.15, -0.1) is 0 Å². The molecule has 4 saturated carbocycles. The van der Waals surface area contributed by atoms with Gasteiger partial charge in [-0.2, -0.15) is 0 Å². The first-order valence-corrected chi connectivity index (χ1v) is 21.0. The van der Waals surface area contributed by atoms with Crippen LogP contribution in [0.5, 0.6) is 28.7 Å². The highest BCUT2D eigenvalue weighted by Crippen LogP contribution is 2.73. The molecule has 4 aromatic carbocycles. The van der Waals surface area contributed by atoms with Crippen LogP contribution >= 0.6 is 0 Å². The van der Waals surface area contributed by atoms with Crippen molar-refractivity contribution >= 4 is 22.9 Å². The molecule has 0 radical (unpaired) electrons. The van der Waals surface area contributed by atoms with E-state index in [4.69, 9.17) is 0 Å². The Morgan fingerprint density at radius 2 is 1.56 bits per heavy atom. The minimum Gasteiger partial charge on any atom is -0.507 e. The minimum absolute atomic E-state index is 0.137. The number of aromatic hydroxyl groups is 5. The quantitative estimate of drug-likeness (QED) is 0.0516. The van der Waals surface area contributed by atoms with Gasteiger partial charge in [0.25, 0.3) is 0 Å². The van der Waals surface area contributed by atoms with Crippen molar-refractivity contribution in [1.82, 2.24) is 15.3 Å². The summed E-state index contributed by atoms with van der Waals surface area (Å²) in [4.78, 5) is 8.22. The number of aromatic nitrogens is 2. The Morgan fingerprint density at radius 3 is 2.33 bits per heavy atom. The number of nitrogens with one attached hydrogen (secondary N) is 2. The average Bonchev–Trinajstić information content (AvgIpc) is 4.01. The van der Waals surface area contributed by atoms with Crippen LogP contribution in [0, 0.1) is 22.7 Å². The van der Waals surface area contributed by atoms with Crippen LogP contribution in [-0.4, -0.2) is 53.3 Å². The van der Waals surface area contributed by atoms with Crippen LogP contribution in [-0.2, 0) is 24.8 Å². The SMILES string of the molecule is Oc1ccc(C=Cc2c(CCc3ccc(CNCC4(c5cnc[nH]5)C5C(O)CCC6CCCC65CCC45CCCC5)cc3)c(O)c(O)c3c(O)cccc23)cc1O. The molecule has 9 heteroatoms. The van der Waals surface area contributed by atoms with Crippen molar-refractivity contribution < 1.29 is 30.6 Å². The summed E-state index contributed by atoms with van der Waals surface area (Å²) < 4.78 is 0. The van der Waals surface area contributed by atoms with Gasteiger partial charge in [-0.25, -0.2) is 4.98 Å². The Kier molecular flexibility index (Phi) is 9.72. The van der Waals surface area contributed by atoms with Gasteiger partial charge < -0.3 is 40.9 Å². The van der Waals surface area contributed by atoms with Crippen LogP contribution in [0.2, 0.25) is 0 Å². The third-order valence-corrected chi connectivity index (χ3v) is 15.2. The zero-order valence-electron chi connectivity index (χ0n) is 32.6. The van der Waals surface area contributed by atoms with Gasteiger partial charge in [0, 0.05) is 41.9 Å². The second kappa shape index (κ2) is 14.7. The number of phenolic OH excluding ortho intramolecular Hbond substituents is 5. The minimum atomic E-state index is -0.362. The average molecular weight is 770 g/mol. The molecule has 1 aromatic heterocycles. The molecular weight excluding hydrogens is 715 g/mol. The highest BCUT2D eigenvalue weighted by Gasteiger charge is 2.70. The Morgan fingerprint density at radius 1 is 0.754 bits per heavy atom. The van der Waals surface area contributed by atoms with Gasteiger partial charge in [-0.3, -0.25) is 0 Å². The number of nitrogens with zero attached hydrogens (tertiary/aromatic N) is 1. The Bertz CT molecular complexity index is 2280. The Labute approximate surface area is 334 Å². The van der Waals surface area contributed by atoms with E-state index >= 15 is 0 Å². The predicted octanol–water partition coefficient (Wildman–Crippen LogP) is 8.99. The fraction of sp³-hybridized carbons (Fsp3) is 0.438. The molecule has 9 nitrogen and oxygen atoms in total. The molecule has 0 saturated heterocycles. The molecule has 5 aromatic rings. The maximum absolute atomic E-state index is 12.1. The number of aliphatic hydroxyl groups excluding tert-OH is 1. The zero-order valence-corrected chi connectivity index (χ0v) is 32.6. The highest BCUT2D eigenvalue weighted by atomic mass is 16.3. The van der Waals surface area contributed by atoms with Gasteiger partial charge in [0.05, 0.1) is 17.8 Å². The number of hydrogen-bond donors (Lipinski definition) is 8. The number of benzene rings is 4. The summed E-state index contributed by atoms with van der Waals surface area (Å²) >= 11 is 0. The third-order valence-electron chi connectivity index (χ3n) is 15.2. The van der Waals surface area contributed by atoms with E-state index in [1.165, 1.54) is 87.2 Å².